The Morgan fingerprint density at radius 3 is 2.81 bits per heavy atom. The number of nitrogens with zero attached hydrogens (tertiary/aromatic N) is 2. The number of pyridine rings is 1. The number of piperidine rings is 1. The van der Waals surface area contributed by atoms with Crippen LogP contribution in [0.2, 0.25) is 0 Å². The molecule has 7 nitrogen and oxygen atoms in total. The van der Waals surface area contributed by atoms with E-state index in [1.165, 1.54) is 29.2 Å². The number of likely N-dealkylation sites (tertiary alicyclic amines) is 1. The minimum Gasteiger partial charge on any atom is -0.480 e. The van der Waals surface area contributed by atoms with Crippen molar-refractivity contribution in [1.29, 1.82) is 0 Å². The van der Waals surface area contributed by atoms with Crippen LogP contribution in [0.15, 0.2) is 30.3 Å². The van der Waals surface area contributed by atoms with Gasteiger partial charge >= 0.3 is 5.97 Å². The zero-order valence-corrected chi connectivity index (χ0v) is 13.9. The number of nitrogens with one attached hydrogen (secondary N) is 1. The Kier molecular flexibility index (Phi) is 5.11. The van der Waals surface area contributed by atoms with Crippen molar-refractivity contribution in [1.82, 2.24) is 15.2 Å². The van der Waals surface area contributed by atoms with E-state index < -0.39 is 29.6 Å². The summed E-state index contributed by atoms with van der Waals surface area (Å²) in [6, 6.07) is 6.22. The summed E-state index contributed by atoms with van der Waals surface area (Å²) in [5, 5.41) is 12.3. The molecule has 136 valence electrons. The molecular weight excluding hydrogens is 341 g/mol. The maximum absolute atomic E-state index is 13.2. The van der Waals surface area contributed by atoms with Crippen molar-refractivity contribution in [3.63, 3.8) is 0 Å². The fourth-order valence-corrected chi connectivity index (χ4v) is 3.06. The first-order valence-electron chi connectivity index (χ1n) is 8.32. The Morgan fingerprint density at radius 2 is 2.04 bits per heavy atom. The van der Waals surface area contributed by atoms with Gasteiger partial charge in [-0.2, -0.15) is 0 Å². The van der Waals surface area contributed by atoms with E-state index in [1.54, 1.807) is 6.07 Å². The highest BCUT2D eigenvalue weighted by molar-refractivity contribution is 5.97. The second kappa shape index (κ2) is 7.47. The molecule has 2 aromatic rings. The molecule has 0 unspecified atom stereocenters. The van der Waals surface area contributed by atoms with Crippen LogP contribution in [0, 0.1) is 5.82 Å². The van der Waals surface area contributed by atoms with Gasteiger partial charge in [0, 0.05) is 11.9 Å². The summed E-state index contributed by atoms with van der Waals surface area (Å²) in [6.45, 7) is 0.0667. The van der Waals surface area contributed by atoms with Gasteiger partial charge < -0.3 is 15.3 Å². The second-order valence-corrected chi connectivity index (χ2v) is 6.15. The third-order valence-electron chi connectivity index (χ3n) is 4.39. The highest BCUT2D eigenvalue weighted by atomic mass is 19.1. The molecule has 2 heterocycles. The lowest BCUT2D eigenvalue weighted by molar-refractivity contribution is -0.151. The average Bonchev–Trinajstić information content (AvgIpc) is 2.65. The van der Waals surface area contributed by atoms with Crippen molar-refractivity contribution in [2.45, 2.75) is 25.3 Å². The molecule has 0 saturated carbocycles. The predicted molar refractivity (Wildman–Crippen MR) is 91.0 cm³/mol. The summed E-state index contributed by atoms with van der Waals surface area (Å²) >= 11 is 0. The molecule has 1 atom stereocenters. The van der Waals surface area contributed by atoms with Gasteiger partial charge in [0.1, 0.15) is 17.6 Å². The van der Waals surface area contributed by atoms with E-state index in [-0.39, 0.29) is 12.2 Å². The average molecular weight is 359 g/mol. The minimum absolute atomic E-state index is 0.102. The van der Waals surface area contributed by atoms with Gasteiger partial charge in [-0.05, 0) is 43.5 Å². The fraction of sp³-hybridized carbons (Fsp3) is 0.333. The molecule has 1 aromatic carbocycles. The molecule has 2 N–H and O–H groups in total. The number of halogens is 1. The van der Waals surface area contributed by atoms with E-state index in [4.69, 9.17) is 0 Å². The molecular formula is C18H18FN3O4. The van der Waals surface area contributed by atoms with Crippen molar-refractivity contribution in [2.24, 2.45) is 0 Å². The van der Waals surface area contributed by atoms with Gasteiger partial charge in [0.2, 0.25) is 5.91 Å². The third kappa shape index (κ3) is 3.79. The quantitative estimate of drug-likeness (QED) is 0.863. The molecule has 1 saturated heterocycles. The number of hydrogen-bond donors (Lipinski definition) is 2. The highest BCUT2D eigenvalue weighted by Crippen LogP contribution is 2.17. The molecule has 0 aliphatic carbocycles. The fourth-order valence-electron chi connectivity index (χ4n) is 3.06. The maximum atomic E-state index is 13.2. The number of carbonyl (C=O) groups is 3. The number of amides is 2. The molecule has 0 bridgehead atoms. The Hall–Kier alpha value is -3.03. The normalized spacial score (nSPS) is 17.1. The van der Waals surface area contributed by atoms with Crippen LogP contribution in [0.25, 0.3) is 10.9 Å². The molecule has 1 aromatic heterocycles. The zero-order chi connectivity index (χ0) is 18.7. The summed E-state index contributed by atoms with van der Waals surface area (Å²) < 4.78 is 13.2. The van der Waals surface area contributed by atoms with Crippen molar-refractivity contribution in [3.8, 4) is 0 Å². The van der Waals surface area contributed by atoms with E-state index >= 15 is 0 Å². The topological polar surface area (TPSA) is 99.6 Å². The Labute approximate surface area is 148 Å². The predicted octanol–water partition coefficient (Wildman–Crippen LogP) is 1.57. The van der Waals surface area contributed by atoms with Crippen LogP contribution in [-0.2, 0) is 9.59 Å². The largest absolute Gasteiger partial charge is 0.480 e. The van der Waals surface area contributed by atoms with Crippen molar-refractivity contribution >= 4 is 28.7 Å². The molecule has 0 spiro atoms. The maximum Gasteiger partial charge on any atom is 0.326 e. The van der Waals surface area contributed by atoms with E-state index in [2.05, 4.69) is 10.3 Å². The number of carboxylic acid groups (broad SMARTS) is 1. The number of carboxylic acids is 1. The van der Waals surface area contributed by atoms with Crippen molar-refractivity contribution < 1.29 is 23.9 Å². The van der Waals surface area contributed by atoms with Crippen molar-refractivity contribution in [3.05, 3.63) is 41.8 Å². The molecule has 1 fully saturated rings. The number of carbonyl (C=O) groups excluding carboxylic acids is 2. The van der Waals surface area contributed by atoms with Gasteiger partial charge in [-0.25, -0.2) is 14.2 Å². The van der Waals surface area contributed by atoms with Crippen LogP contribution in [0.3, 0.4) is 0 Å². The van der Waals surface area contributed by atoms with E-state index in [1.807, 2.05) is 0 Å². The first-order valence-corrected chi connectivity index (χ1v) is 8.32. The van der Waals surface area contributed by atoms with Crippen molar-refractivity contribution in [2.75, 3.05) is 13.1 Å². The summed E-state index contributed by atoms with van der Waals surface area (Å²) in [5.74, 6) is -2.41. The number of fused-ring (bicyclic) bond motifs is 1. The standard InChI is InChI=1S/C18H18FN3O4/c19-12-5-7-13-11(9-12)4-6-14(21-13)17(24)20-10-16(23)22-8-2-1-3-15(22)18(25)26/h4-7,9,15H,1-3,8,10H2,(H,20,24)(H,25,26)/t15-/m0/s1. The summed E-state index contributed by atoms with van der Waals surface area (Å²) in [6.07, 6.45) is 1.92. The number of aliphatic carboxylic acids is 1. The lowest BCUT2D eigenvalue weighted by Crippen LogP contribution is -2.51. The number of rotatable bonds is 4. The molecule has 1 aliphatic heterocycles. The first kappa shape index (κ1) is 17.8. The highest BCUT2D eigenvalue weighted by Gasteiger charge is 2.31. The van der Waals surface area contributed by atoms with Crippen LogP contribution >= 0.6 is 0 Å². The van der Waals surface area contributed by atoms with Crippen LogP contribution in [0.5, 0.6) is 0 Å². The van der Waals surface area contributed by atoms with Gasteiger partial charge in [-0.1, -0.05) is 6.07 Å². The van der Waals surface area contributed by atoms with Gasteiger partial charge in [0.05, 0.1) is 12.1 Å². The zero-order valence-electron chi connectivity index (χ0n) is 13.9. The Morgan fingerprint density at radius 1 is 1.23 bits per heavy atom. The molecule has 8 heteroatoms. The molecule has 1 aliphatic rings. The molecule has 26 heavy (non-hydrogen) atoms. The van der Waals surface area contributed by atoms with Gasteiger partial charge in [-0.3, -0.25) is 9.59 Å². The van der Waals surface area contributed by atoms with Crippen LogP contribution in [0.1, 0.15) is 29.8 Å². The van der Waals surface area contributed by atoms with E-state index in [0.717, 1.165) is 12.8 Å². The van der Waals surface area contributed by atoms with Gasteiger partial charge in [0.25, 0.3) is 5.91 Å². The summed E-state index contributed by atoms with van der Waals surface area (Å²) in [7, 11) is 0. The van der Waals surface area contributed by atoms with Crippen LogP contribution in [-0.4, -0.2) is 51.9 Å². The molecule has 3 rings (SSSR count). The molecule has 0 radical (unpaired) electrons. The lowest BCUT2D eigenvalue weighted by atomic mass is 10.0. The number of hydrogen-bond acceptors (Lipinski definition) is 4. The van der Waals surface area contributed by atoms with Crippen LogP contribution in [0.4, 0.5) is 4.39 Å². The number of aromatic nitrogens is 1. The Balaban J connectivity index is 1.65. The first-order chi connectivity index (χ1) is 12.5. The lowest BCUT2D eigenvalue weighted by Gasteiger charge is -2.32. The summed E-state index contributed by atoms with van der Waals surface area (Å²) in [4.78, 5) is 41.2. The SMILES string of the molecule is O=C(NCC(=O)N1CCCC[C@H]1C(=O)O)c1ccc2cc(F)ccc2n1. The summed E-state index contributed by atoms with van der Waals surface area (Å²) in [5.41, 5.74) is 0.567. The Bertz CT molecular complexity index is 871. The number of benzene rings is 1. The smallest absolute Gasteiger partial charge is 0.326 e. The monoisotopic (exact) mass is 359 g/mol. The minimum atomic E-state index is -1.03. The van der Waals surface area contributed by atoms with Crippen LogP contribution < -0.4 is 5.32 Å². The molecule has 2 amide bonds. The third-order valence-corrected chi connectivity index (χ3v) is 4.39. The van der Waals surface area contributed by atoms with E-state index in [0.29, 0.717) is 23.9 Å². The van der Waals surface area contributed by atoms with E-state index in [9.17, 15) is 23.9 Å². The van der Waals surface area contributed by atoms with Gasteiger partial charge in [-0.15, -0.1) is 0 Å². The van der Waals surface area contributed by atoms with Gasteiger partial charge in [0.15, 0.2) is 0 Å². The second-order valence-electron chi connectivity index (χ2n) is 6.15.